The molecule has 0 amide bonds. The summed E-state index contributed by atoms with van der Waals surface area (Å²) in [6.45, 7) is 6.23. The fourth-order valence-electron chi connectivity index (χ4n) is 2.85. The van der Waals surface area contributed by atoms with E-state index in [1.54, 1.807) is 49.4 Å². The van der Waals surface area contributed by atoms with Crippen LogP contribution in [0.15, 0.2) is 48.7 Å². The van der Waals surface area contributed by atoms with Gasteiger partial charge in [0.25, 0.3) is 0 Å². The van der Waals surface area contributed by atoms with Crippen molar-refractivity contribution >= 4 is 28.6 Å². The molecular formula is C23H25ClN2O6. The largest absolute Gasteiger partial charge is 0.478 e. The number of carboxylic acid groups (broad SMARTS) is 1. The molecule has 3 rings (SSSR count). The smallest absolute Gasteiger partial charge is 0.350 e. The molecule has 1 heterocycles. The van der Waals surface area contributed by atoms with E-state index < -0.39 is 17.7 Å². The van der Waals surface area contributed by atoms with Gasteiger partial charge < -0.3 is 24.1 Å². The molecule has 32 heavy (non-hydrogen) atoms. The standard InChI is InChI=1S/C23H25ClN2O6/c1-4-29-11-12-30-15(2)23(3,22(27)28)32-18-8-6-17(7-9-18)31-21-14-25-20-13-16(24)5-10-19(20)26-21/h5-10,13-15H,4,11-12H2,1-3H3,(H,27,28). The van der Waals surface area contributed by atoms with Gasteiger partial charge in [0.2, 0.25) is 11.5 Å². The Morgan fingerprint density at radius 2 is 1.84 bits per heavy atom. The number of carbonyl (C=O) groups is 1. The van der Waals surface area contributed by atoms with E-state index in [9.17, 15) is 9.90 Å². The van der Waals surface area contributed by atoms with Crippen LogP contribution in [0.25, 0.3) is 11.0 Å². The molecule has 0 bridgehead atoms. The minimum absolute atomic E-state index is 0.271. The summed E-state index contributed by atoms with van der Waals surface area (Å²) in [4.78, 5) is 20.6. The lowest BCUT2D eigenvalue weighted by molar-refractivity contribution is -0.168. The predicted molar refractivity (Wildman–Crippen MR) is 120 cm³/mol. The second-order valence-corrected chi connectivity index (χ2v) is 7.58. The highest BCUT2D eigenvalue weighted by molar-refractivity contribution is 6.31. The molecule has 3 aromatic rings. The van der Waals surface area contributed by atoms with E-state index in [2.05, 4.69) is 9.97 Å². The summed E-state index contributed by atoms with van der Waals surface area (Å²) in [7, 11) is 0. The van der Waals surface area contributed by atoms with Crippen molar-refractivity contribution in [1.82, 2.24) is 9.97 Å². The first-order valence-electron chi connectivity index (χ1n) is 10.1. The Hall–Kier alpha value is -2.94. The van der Waals surface area contributed by atoms with Crippen LogP contribution in [-0.4, -0.2) is 52.6 Å². The number of rotatable bonds is 11. The number of benzene rings is 2. The second kappa shape index (κ2) is 10.6. The average Bonchev–Trinajstić information content (AvgIpc) is 2.77. The number of ether oxygens (including phenoxy) is 4. The van der Waals surface area contributed by atoms with Crippen LogP contribution in [-0.2, 0) is 14.3 Å². The van der Waals surface area contributed by atoms with Gasteiger partial charge in [-0.3, -0.25) is 0 Å². The summed E-state index contributed by atoms with van der Waals surface area (Å²) in [5.41, 5.74) is -0.263. The number of carboxylic acids is 1. The molecule has 0 aliphatic carbocycles. The number of aromatic nitrogens is 2. The highest BCUT2D eigenvalue weighted by Gasteiger charge is 2.42. The van der Waals surface area contributed by atoms with Crippen LogP contribution < -0.4 is 9.47 Å². The Morgan fingerprint density at radius 1 is 1.12 bits per heavy atom. The molecule has 170 valence electrons. The molecule has 0 radical (unpaired) electrons. The van der Waals surface area contributed by atoms with Crippen molar-refractivity contribution in [3.8, 4) is 17.4 Å². The molecule has 0 saturated carbocycles. The molecule has 0 fully saturated rings. The van der Waals surface area contributed by atoms with Crippen molar-refractivity contribution in [3.05, 3.63) is 53.7 Å². The normalized spacial score (nSPS) is 14.0. The molecule has 1 aromatic heterocycles. The van der Waals surface area contributed by atoms with Crippen LogP contribution in [0, 0.1) is 0 Å². The topological polar surface area (TPSA) is 100 Å². The Kier molecular flexibility index (Phi) is 7.84. The first kappa shape index (κ1) is 23.7. The minimum Gasteiger partial charge on any atom is -0.478 e. The van der Waals surface area contributed by atoms with Crippen molar-refractivity contribution in [2.24, 2.45) is 0 Å². The fraction of sp³-hybridized carbons (Fsp3) is 0.348. The fourth-order valence-corrected chi connectivity index (χ4v) is 3.01. The SMILES string of the molecule is CCOCCOC(C)C(C)(Oc1ccc(Oc2cnc3cc(Cl)ccc3n2)cc1)C(=O)O. The molecule has 0 spiro atoms. The third-order valence-corrected chi connectivity index (χ3v) is 5.09. The first-order chi connectivity index (χ1) is 15.3. The van der Waals surface area contributed by atoms with Crippen LogP contribution in [0.1, 0.15) is 20.8 Å². The van der Waals surface area contributed by atoms with Gasteiger partial charge in [-0.1, -0.05) is 11.6 Å². The highest BCUT2D eigenvalue weighted by atomic mass is 35.5. The van der Waals surface area contributed by atoms with Gasteiger partial charge in [0.15, 0.2) is 0 Å². The zero-order valence-electron chi connectivity index (χ0n) is 18.1. The van der Waals surface area contributed by atoms with Crippen molar-refractivity contribution in [2.75, 3.05) is 19.8 Å². The number of hydrogen-bond acceptors (Lipinski definition) is 7. The van der Waals surface area contributed by atoms with Crippen LogP contribution in [0.3, 0.4) is 0 Å². The monoisotopic (exact) mass is 460 g/mol. The summed E-state index contributed by atoms with van der Waals surface area (Å²) in [6.07, 6.45) is 0.795. The summed E-state index contributed by atoms with van der Waals surface area (Å²) in [6, 6.07) is 11.8. The van der Waals surface area contributed by atoms with Crippen molar-refractivity contribution in [2.45, 2.75) is 32.5 Å². The van der Waals surface area contributed by atoms with Gasteiger partial charge in [0, 0.05) is 11.6 Å². The number of aliphatic carboxylic acids is 1. The van der Waals surface area contributed by atoms with Gasteiger partial charge in [-0.15, -0.1) is 0 Å². The maximum atomic E-state index is 11.9. The molecule has 8 nitrogen and oxygen atoms in total. The van der Waals surface area contributed by atoms with Crippen LogP contribution in [0.2, 0.25) is 5.02 Å². The van der Waals surface area contributed by atoms with E-state index in [0.717, 1.165) is 0 Å². The van der Waals surface area contributed by atoms with Crippen molar-refractivity contribution < 1.29 is 28.8 Å². The van der Waals surface area contributed by atoms with Crippen LogP contribution in [0.5, 0.6) is 17.4 Å². The van der Waals surface area contributed by atoms with Crippen molar-refractivity contribution in [3.63, 3.8) is 0 Å². The molecule has 9 heteroatoms. The van der Waals surface area contributed by atoms with Crippen LogP contribution in [0.4, 0.5) is 0 Å². The first-order valence-corrected chi connectivity index (χ1v) is 10.5. The molecule has 2 unspecified atom stereocenters. The van der Waals surface area contributed by atoms with Gasteiger partial charge in [-0.2, -0.15) is 0 Å². The zero-order chi connectivity index (χ0) is 23.1. The van der Waals surface area contributed by atoms with Gasteiger partial charge >= 0.3 is 5.97 Å². The Morgan fingerprint density at radius 3 is 2.53 bits per heavy atom. The lowest BCUT2D eigenvalue weighted by Crippen LogP contribution is -2.52. The number of nitrogens with zero attached hydrogens (tertiary/aromatic N) is 2. The second-order valence-electron chi connectivity index (χ2n) is 7.14. The molecule has 0 aliphatic rings. The number of fused-ring (bicyclic) bond motifs is 1. The average molecular weight is 461 g/mol. The Labute approximate surface area is 191 Å². The number of hydrogen-bond donors (Lipinski definition) is 1. The zero-order valence-corrected chi connectivity index (χ0v) is 18.8. The molecular weight excluding hydrogens is 436 g/mol. The van der Waals surface area contributed by atoms with Gasteiger partial charge in [0.05, 0.1) is 30.4 Å². The summed E-state index contributed by atoms with van der Waals surface area (Å²) in [5.74, 6) is 0.0493. The summed E-state index contributed by atoms with van der Waals surface area (Å²) in [5, 5.41) is 10.3. The molecule has 2 atom stereocenters. The quantitative estimate of drug-likeness (QED) is 0.409. The lowest BCUT2D eigenvalue weighted by atomic mass is 10.00. The molecule has 0 aliphatic heterocycles. The predicted octanol–water partition coefficient (Wildman–Crippen LogP) is 4.74. The van der Waals surface area contributed by atoms with E-state index in [1.807, 2.05) is 6.92 Å². The van der Waals surface area contributed by atoms with E-state index in [-0.39, 0.29) is 6.61 Å². The van der Waals surface area contributed by atoms with Crippen LogP contribution >= 0.6 is 11.6 Å². The van der Waals surface area contributed by atoms with Gasteiger partial charge in [0.1, 0.15) is 17.6 Å². The Bertz CT molecular complexity index is 1060. The third kappa shape index (κ3) is 5.85. The van der Waals surface area contributed by atoms with Gasteiger partial charge in [-0.05, 0) is 63.2 Å². The maximum absolute atomic E-state index is 11.9. The summed E-state index contributed by atoms with van der Waals surface area (Å²) < 4.78 is 22.4. The lowest BCUT2D eigenvalue weighted by Gasteiger charge is -2.32. The van der Waals surface area contributed by atoms with E-state index in [1.165, 1.54) is 13.1 Å². The highest BCUT2D eigenvalue weighted by Crippen LogP contribution is 2.28. The minimum atomic E-state index is -1.58. The Balaban J connectivity index is 1.67. The molecule has 2 aromatic carbocycles. The van der Waals surface area contributed by atoms with E-state index >= 15 is 0 Å². The van der Waals surface area contributed by atoms with E-state index in [4.69, 9.17) is 30.5 Å². The van der Waals surface area contributed by atoms with Crippen molar-refractivity contribution in [1.29, 1.82) is 0 Å². The molecule has 0 saturated heterocycles. The van der Waals surface area contributed by atoms with E-state index in [0.29, 0.717) is 46.6 Å². The summed E-state index contributed by atoms with van der Waals surface area (Å²) >= 11 is 5.96. The van der Waals surface area contributed by atoms with Gasteiger partial charge in [-0.25, -0.2) is 14.8 Å². The molecule has 1 N–H and O–H groups in total. The number of halogens is 1. The third-order valence-electron chi connectivity index (χ3n) is 4.86. The maximum Gasteiger partial charge on any atom is 0.350 e.